The number of nitrogens with one attached hydrogen (secondary N) is 2. The minimum Gasteiger partial charge on any atom is -0.478 e. The fourth-order valence-electron chi connectivity index (χ4n) is 1.28. The number of anilines is 1. The predicted molar refractivity (Wildman–Crippen MR) is 65.8 cm³/mol. The van der Waals surface area contributed by atoms with Gasteiger partial charge in [0.15, 0.2) is 5.11 Å². The summed E-state index contributed by atoms with van der Waals surface area (Å²) in [5, 5.41) is 15.5. The Kier molecular flexibility index (Phi) is 3.05. The Labute approximate surface area is 98.7 Å². The van der Waals surface area contributed by atoms with Crippen molar-refractivity contribution >= 4 is 29.0 Å². The van der Waals surface area contributed by atoms with E-state index >= 15 is 0 Å². The minimum absolute atomic E-state index is 0.270. The minimum atomic E-state index is -0.926. The van der Waals surface area contributed by atoms with Crippen molar-refractivity contribution < 1.29 is 9.90 Å². The molecule has 1 aliphatic rings. The summed E-state index contributed by atoms with van der Waals surface area (Å²) in [6.07, 6.45) is 2.33. The Balaban J connectivity index is 1.93. The molecule has 4 nitrogen and oxygen atoms in total. The molecular weight excluding hydrogens is 224 g/mol. The Bertz CT molecular complexity index is 412. The summed E-state index contributed by atoms with van der Waals surface area (Å²) in [6.45, 7) is 0. The van der Waals surface area contributed by atoms with E-state index < -0.39 is 5.97 Å². The zero-order valence-electron chi connectivity index (χ0n) is 8.56. The topological polar surface area (TPSA) is 61.4 Å². The van der Waals surface area contributed by atoms with Crippen LogP contribution in [-0.4, -0.2) is 22.2 Å². The molecule has 1 aromatic rings. The zero-order valence-corrected chi connectivity index (χ0v) is 9.38. The first kappa shape index (κ1) is 10.9. The van der Waals surface area contributed by atoms with Gasteiger partial charge in [-0.05, 0) is 49.3 Å². The highest BCUT2D eigenvalue weighted by atomic mass is 32.1. The number of hydrogen-bond acceptors (Lipinski definition) is 2. The van der Waals surface area contributed by atoms with Gasteiger partial charge in [-0.3, -0.25) is 0 Å². The van der Waals surface area contributed by atoms with Gasteiger partial charge in [0.1, 0.15) is 0 Å². The SMILES string of the molecule is O=C(O)c1ccc(NC(=S)NC2CC2)cc1. The highest BCUT2D eigenvalue weighted by molar-refractivity contribution is 7.80. The van der Waals surface area contributed by atoms with E-state index in [1.807, 2.05) is 0 Å². The van der Waals surface area contributed by atoms with Crippen molar-refractivity contribution in [3.05, 3.63) is 29.8 Å². The molecule has 0 unspecified atom stereocenters. The van der Waals surface area contributed by atoms with Crippen LogP contribution in [0.3, 0.4) is 0 Å². The maximum atomic E-state index is 10.6. The first-order valence-corrected chi connectivity index (χ1v) is 5.47. The van der Waals surface area contributed by atoms with Gasteiger partial charge < -0.3 is 15.7 Å². The average molecular weight is 236 g/mol. The summed E-state index contributed by atoms with van der Waals surface area (Å²) in [7, 11) is 0. The normalized spacial score (nSPS) is 14.2. The van der Waals surface area contributed by atoms with E-state index in [1.54, 1.807) is 24.3 Å². The lowest BCUT2D eigenvalue weighted by molar-refractivity contribution is 0.0697. The standard InChI is InChI=1S/C11H12N2O2S/c14-10(15)7-1-3-8(4-2-7)12-11(16)13-9-5-6-9/h1-4,9H,5-6H2,(H,14,15)(H2,12,13,16). The van der Waals surface area contributed by atoms with Crippen molar-refractivity contribution in [2.75, 3.05) is 5.32 Å². The predicted octanol–water partition coefficient (Wildman–Crippen LogP) is 1.83. The number of benzene rings is 1. The van der Waals surface area contributed by atoms with Gasteiger partial charge in [-0.1, -0.05) is 0 Å². The summed E-state index contributed by atoms with van der Waals surface area (Å²) < 4.78 is 0. The lowest BCUT2D eigenvalue weighted by Gasteiger charge is -2.09. The van der Waals surface area contributed by atoms with Crippen LogP contribution < -0.4 is 10.6 Å². The van der Waals surface area contributed by atoms with Crippen molar-refractivity contribution in [1.29, 1.82) is 0 Å². The van der Waals surface area contributed by atoms with Crippen LogP contribution in [0.4, 0.5) is 5.69 Å². The first-order valence-electron chi connectivity index (χ1n) is 5.06. The largest absolute Gasteiger partial charge is 0.478 e. The third kappa shape index (κ3) is 2.93. The third-order valence-corrected chi connectivity index (χ3v) is 2.52. The fourth-order valence-corrected chi connectivity index (χ4v) is 1.56. The van der Waals surface area contributed by atoms with Gasteiger partial charge >= 0.3 is 5.97 Å². The van der Waals surface area contributed by atoms with Crippen molar-refractivity contribution in [2.45, 2.75) is 18.9 Å². The number of hydrogen-bond donors (Lipinski definition) is 3. The monoisotopic (exact) mass is 236 g/mol. The maximum Gasteiger partial charge on any atom is 0.335 e. The van der Waals surface area contributed by atoms with Crippen molar-refractivity contribution in [3.63, 3.8) is 0 Å². The molecule has 0 heterocycles. The summed E-state index contributed by atoms with van der Waals surface area (Å²) in [6, 6.07) is 7.00. The van der Waals surface area contributed by atoms with Crippen LogP contribution in [-0.2, 0) is 0 Å². The average Bonchev–Trinajstić information content (AvgIpc) is 3.02. The van der Waals surface area contributed by atoms with Crippen LogP contribution in [0.1, 0.15) is 23.2 Å². The van der Waals surface area contributed by atoms with Gasteiger partial charge in [0.05, 0.1) is 5.56 Å². The lowest BCUT2D eigenvalue weighted by Crippen LogP contribution is -2.30. The van der Waals surface area contributed by atoms with Crippen molar-refractivity contribution in [3.8, 4) is 0 Å². The summed E-state index contributed by atoms with van der Waals surface area (Å²) in [4.78, 5) is 10.6. The molecule has 0 aromatic heterocycles. The molecule has 3 N–H and O–H groups in total. The number of carboxylic acids is 1. The molecule has 1 fully saturated rings. The quantitative estimate of drug-likeness (QED) is 0.699. The van der Waals surface area contributed by atoms with Gasteiger partial charge in [-0.15, -0.1) is 0 Å². The zero-order chi connectivity index (χ0) is 11.5. The summed E-state index contributed by atoms with van der Waals surface area (Å²) >= 11 is 5.10. The highest BCUT2D eigenvalue weighted by Gasteiger charge is 2.21. The van der Waals surface area contributed by atoms with E-state index in [-0.39, 0.29) is 5.56 Å². The van der Waals surface area contributed by atoms with E-state index in [0.29, 0.717) is 11.2 Å². The molecule has 1 aromatic carbocycles. The van der Waals surface area contributed by atoms with Crippen LogP contribution in [0.5, 0.6) is 0 Å². The molecule has 2 rings (SSSR count). The number of aromatic carboxylic acids is 1. The molecule has 0 aliphatic heterocycles. The second-order valence-electron chi connectivity index (χ2n) is 3.76. The number of carbonyl (C=O) groups is 1. The van der Waals surface area contributed by atoms with Crippen LogP contribution in [0.25, 0.3) is 0 Å². The van der Waals surface area contributed by atoms with Crippen LogP contribution in [0, 0.1) is 0 Å². The molecule has 5 heteroatoms. The molecule has 1 aliphatic carbocycles. The second kappa shape index (κ2) is 4.49. The number of thiocarbonyl (C=S) groups is 1. The molecule has 0 bridgehead atoms. The van der Waals surface area contributed by atoms with Gasteiger partial charge in [-0.2, -0.15) is 0 Å². The Morgan fingerprint density at radius 1 is 1.31 bits per heavy atom. The summed E-state index contributed by atoms with van der Waals surface area (Å²) in [5.41, 5.74) is 1.06. The number of carboxylic acid groups (broad SMARTS) is 1. The number of rotatable bonds is 3. The second-order valence-corrected chi connectivity index (χ2v) is 4.16. The lowest BCUT2D eigenvalue weighted by atomic mass is 10.2. The first-order chi connectivity index (χ1) is 7.65. The van der Waals surface area contributed by atoms with Gasteiger partial charge in [0.25, 0.3) is 0 Å². The Morgan fingerprint density at radius 2 is 1.94 bits per heavy atom. The van der Waals surface area contributed by atoms with Gasteiger partial charge in [0, 0.05) is 11.7 Å². The van der Waals surface area contributed by atoms with Gasteiger partial charge in [0.2, 0.25) is 0 Å². The Morgan fingerprint density at radius 3 is 2.44 bits per heavy atom. The molecule has 0 amide bonds. The summed E-state index contributed by atoms with van der Waals surface area (Å²) in [5.74, 6) is -0.926. The molecule has 0 saturated heterocycles. The molecule has 0 spiro atoms. The van der Waals surface area contributed by atoms with E-state index in [2.05, 4.69) is 10.6 Å². The van der Waals surface area contributed by atoms with Crippen molar-refractivity contribution in [2.24, 2.45) is 0 Å². The third-order valence-electron chi connectivity index (χ3n) is 2.30. The maximum absolute atomic E-state index is 10.6. The van der Waals surface area contributed by atoms with E-state index in [1.165, 1.54) is 12.8 Å². The van der Waals surface area contributed by atoms with E-state index in [4.69, 9.17) is 17.3 Å². The molecule has 16 heavy (non-hydrogen) atoms. The molecule has 1 saturated carbocycles. The van der Waals surface area contributed by atoms with E-state index in [9.17, 15) is 4.79 Å². The smallest absolute Gasteiger partial charge is 0.335 e. The highest BCUT2D eigenvalue weighted by Crippen LogP contribution is 2.19. The van der Waals surface area contributed by atoms with Crippen LogP contribution in [0.15, 0.2) is 24.3 Å². The molecule has 84 valence electrons. The van der Waals surface area contributed by atoms with Crippen LogP contribution in [0.2, 0.25) is 0 Å². The molecular formula is C11H12N2O2S. The van der Waals surface area contributed by atoms with E-state index in [0.717, 1.165) is 5.69 Å². The van der Waals surface area contributed by atoms with Crippen molar-refractivity contribution in [1.82, 2.24) is 5.32 Å². The Hall–Kier alpha value is -1.62. The fraction of sp³-hybridized carbons (Fsp3) is 0.273. The molecule has 0 radical (unpaired) electrons. The van der Waals surface area contributed by atoms with Gasteiger partial charge in [-0.25, -0.2) is 4.79 Å². The molecule has 0 atom stereocenters. The van der Waals surface area contributed by atoms with Crippen LogP contribution >= 0.6 is 12.2 Å².